The van der Waals surface area contributed by atoms with Crippen molar-refractivity contribution in [2.45, 2.75) is 59.8 Å². The van der Waals surface area contributed by atoms with Gasteiger partial charge in [0, 0.05) is 30.7 Å². The van der Waals surface area contributed by atoms with E-state index in [-0.39, 0.29) is 22.6 Å². The van der Waals surface area contributed by atoms with Crippen LogP contribution >= 0.6 is 0 Å². The van der Waals surface area contributed by atoms with Crippen molar-refractivity contribution in [2.75, 3.05) is 0 Å². The maximum Gasteiger partial charge on any atom is 0.221 e. The molecule has 2 N–H and O–H groups in total. The van der Waals surface area contributed by atoms with Gasteiger partial charge in [0.15, 0.2) is 0 Å². The van der Waals surface area contributed by atoms with E-state index in [1.807, 2.05) is 0 Å². The number of hydrogen-bond acceptors (Lipinski definition) is 2. The molecule has 2 fully saturated rings. The lowest BCUT2D eigenvalue weighted by Crippen LogP contribution is -2.52. The normalized spacial score (nSPS) is 42.2. The molecule has 146 valence electrons. The maximum absolute atomic E-state index is 11.6. The molecular formula is C23H32N2O2. The topological polar surface area (TPSA) is 58.2 Å². The Morgan fingerprint density at radius 2 is 1.78 bits per heavy atom. The van der Waals surface area contributed by atoms with Gasteiger partial charge in [-0.1, -0.05) is 32.1 Å². The van der Waals surface area contributed by atoms with Gasteiger partial charge >= 0.3 is 0 Å². The molecule has 0 aliphatic heterocycles. The van der Waals surface area contributed by atoms with Gasteiger partial charge in [0.05, 0.1) is 0 Å². The number of carbonyl (C=O) groups is 2. The molecule has 2 saturated carbocycles. The molecule has 0 spiro atoms. The molecule has 27 heavy (non-hydrogen) atoms. The number of hydrogen-bond donors (Lipinski definition) is 2. The summed E-state index contributed by atoms with van der Waals surface area (Å²) in [6.07, 6.45) is 14.9. The van der Waals surface area contributed by atoms with Crippen molar-refractivity contribution in [3.8, 4) is 0 Å². The first kappa shape index (κ1) is 18.5. The molecule has 0 radical (unpaired) electrons. The number of fused-ring (bicyclic) bond motifs is 5. The Morgan fingerprint density at radius 1 is 1.04 bits per heavy atom. The SMILES string of the molecule is CC(=O)NC1=CC2CC[C@@H]3[C@H](CC[C@]4(C)C(NC(C)=O)=CC[C@@H]34)[C@@]2(C)C=C1. The molecule has 0 aromatic rings. The summed E-state index contributed by atoms with van der Waals surface area (Å²) in [6, 6.07) is 0. The second-order valence-corrected chi connectivity index (χ2v) is 9.55. The Labute approximate surface area is 162 Å². The van der Waals surface area contributed by atoms with Gasteiger partial charge in [0.1, 0.15) is 0 Å². The molecule has 2 amide bonds. The zero-order valence-electron chi connectivity index (χ0n) is 17.0. The van der Waals surface area contributed by atoms with Crippen LogP contribution in [0.25, 0.3) is 0 Å². The first-order valence-corrected chi connectivity index (χ1v) is 10.4. The van der Waals surface area contributed by atoms with Gasteiger partial charge in [-0.05, 0) is 67.3 Å². The standard InChI is InChI=1S/C23H32N2O2/c1-14(26)24-17-9-11-22(3)16(13-17)5-6-18-19-7-8-21(25-15(2)27)23(19,4)12-10-20(18)22/h8-9,11,13,16,18-20H,5-7,10,12H2,1-4H3,(H,24,26)(H,25,27)/t16?,18-,19-,20-,22-,23-/m0/s1. The molecule has 4 aliphatic rings. The largest absolute Gasteiger partial charge is 0.330 e. The lowest BCUT2D eigenvalue weighted by atomic mass is 9.47. The van der Waals surface area contributed by atoms with E-state index in [9.17, 15) is 9.59 Å². The van der Waals surface area contributed by atoms with Gasteiger partial charge in [0.25, 0.3) is 0 Å². The van der Waals surface area contributed by atoms with E-state index in [1.54, 1.807) is 13.8 Å². The van der Waals surface area contributed by atoms with E-state index in [0.29, 0.717) is 23.7 Å². The van der Waals surface area contributed by atoms with E-state index in [1.165, 1.54) is 19.3 Å². The lowest BCUT2D eigenvalue weighted by Gasteiger charge is -2.58. The number of carbonyl (C=O) groups excluding carboxylic acids is 2. The smallest absolute Gasteiger partial charge is 0.221 e. The van der Waals surface area contributed by atoms with Crippen LogP contribution in [-0.4, -0.2) is 11.8 Å². The van der Waals surface area contributed by atoms with Crippen LogP contribution in [0.3, 0.4) is 0 Å². The van der Waals surface area contributed by atoms with E-state index in [2.05, 4.69) is 48.8 Å². The van der Waals surface area contributed by atoms with Crippen molar-refractivity contribution in [3.05, 3.63) is 35.7 Å². The minimum absolute atomic E-state index is 0.000785. The summed E-state index contributed by atoms with van der Waals surface area (Å²) < 4.78 is 0. The fraction of sp³-hybridized carbons (Fsp3) is 0.652. The summed E-state index contributed by atoms with van der Waals surface area (Å²) in [7, 11) is 0. The molecule has 0 aromatic heterocycles. The van der Waals surface area contributed by atoms with Gasteiger partial charge in [-0.2, -0.15) is 0 Å². The molecule has 0 saturated heterocycles. The fourth-order valence-corrected chi connectivity index (χ4v) is 6.71. The Hall–Kier alpha value is -1.84. The first-order chi connectivity index (χ1) is 12.7. The zero-order chi connectivity index (χ0) is 19.4. The second kappa shape index (κ2) is 6.35. The van der Waals surface area contributed by atoms with E-state index >= 15 is 0 Å². The number of rotatable bonds is 2. The highest BCUT2D eigenvalue weighted by atomic mass is 16.2. The second-order valence-electron chi connectivity index (χ2n) is 9.55. The highest BCUT2D eigenvalue weighted by Crippen LogP contribution is 2.64. The van der Waals surface area contributed by atoms with Crippen LogP contribution in [0.1, 0.15) is 59.8 Å². The summed E-state index contributed by atoms with van der Waals surface area (Å²) in [5.74, 6) is 2.55. The van der Waals surface area contributed by atoms with Gasteiger partial charge in [-0.15, -0.1) is 0 Å². The molecule has 1 unspecified atom stereocenters. The lowest BCUT2D eigenvalue weighted by molar-refractivity contribution is -0.119. The van der Waals surface area contributed by atoms with Crippen molar-refractivity contribution < 1.29 is 9.59 Å². The van der Waals surface area contributed by atoms with Crippen molar-refractivity contribution in [3.63, 3.8) is 0 Å². The van der Waals surface area contributed by atoms with Crippen molar-refractivity contribution in [2.24, 2.45) is 34.5 Å². The Morgan fingerprint density at radius 3 is 2.48 bits per heavy atom. The molecule has 4 heteroatoms. The predicted octanol–water partition coefficient (Wildman–Crippen LogP) is 4.06. The van der Waals surface area contributed by atoms with Crippen molar-refractivity contribution in [1.29, 1.82) is 0 Å². The van der Waals surface area contributed by atoms with E-state index < -0.39 is 0 Å². The highest BCUT2D eigenvalue weighted by Gasteiger charge is 2.57. The molecule has 0 aromatic carbocycles. The molecule has 4 aliphatic carbocycles. The van der Waals surface area contributed by atoms with Gasteiger partial charge < -0.3 is 10.6 Å². The molecular weight excluding hydrogens is 336 g/mol. The number of amides is 2. The summed E-state index contributed by atoms with van der Waals surface area (Å²) in [5, 5.41) is 6.08. The third kappa shape index (κ3) is 2.88. The Bertz CT molecular complexity index is 764. The van der Waals surface area contributed by atoms with Crippen molar-refractivity contribution in [1.82, 2.24) is 10.6 Å². The Kier molecular flexibility index (Phi) is 4.36. The minimum atomic E-state index is -0.000785. The van der Waals surface area contributed by atoms with Gasteiger partial charge in [0.2, 0.25) is 11.8 Å². The molecule has 4 rings (SSSR count). The quantitative estimate of drug-likeness (QED) is 0.772. The maximum atomic E-state index is 11.6. The monoisotopic (exact) mass is 368 g/mol. The summed E-state index contributed by atoms with van der Waals surface area (Å²) in [4.78, 5) is 23.1. The van der Waals surface area contributed by atoms with Gasteiger partial charge in [-0.25, -0.2) is 0 Å². The fourth-order valence-electron chi connectivity index (χ4n) is 6.71. The van der Waals surface area contributed by atoms with Crippen molar-refractivity contribution >= 4 is 11.8 Å². The van der Waals surface area contributed by atoms with Crippen LogP contribution in [0.4, 0.5) is 0 Å². The third-order valence-electron chi connectivity index (χ3n) is 8.06. The summed E-state index contributed by atoms with van der Waals surface area (Å²) >= 11 is 0. The third-order valence-corrected chi connectivity index (χ3v) is 8.06. The van der Waals surface area contributed by atoms with Crippen LogP contribution in [0.2, 0.25) is 0 Å². The van der Waals surface area contributed by atoms with Crippen LogP contribution < -0.4 is 10.6 Å². The number of nitrogens with one attached hydrogen (secondary N) is 2. The van der Waals surface area contributed by atoms with Crippen LogP contribution in [0.5, 0.6) is 0 Å². The summed E-state index contributed by atoms with van der Waals surface area (Å²) in [5.41, 5.74) is 2.41. The average molecular weight is 369 g/mol. The van der Waals surface area contributed by atoms with Crippen LogP contribution in [0, 0.1) is 34.5 Å². The minimum Gasteiger partial charge on any atom is -0.330 e. The number of allylic oxidation sites excluding steroid dienone is 5. The molecule has 0 bridgehead atoms. The predicted molar refractivity (Wildman–Crippen MR) is 106 cm³/mol. The molecule has 4 nitrogen and oxygen atoms in total. The van der Waals surface area contributed by atoms with E-state index in [0.717, 1.165) is 24.2 Å². The molecule has 6 atom stereocenters. The van der Waals surface area contributed by atoms with Crippen LogP contribution in [0.15, 0.2) is 35.7 Å². The van der Waals surface area contributed by atoms with E-state index in [4.69, 9.17) is 0 Å². The zero-order valence-corrected chi connectivity index (χ0v) is 17.0. The first-order valence-electron chi connectivity index (χ1n) is 10.4. The Balaban J connectivity index is 1.57. The summed E-state index contributed by atoms with van der Waals surface area (Å²) in [6.45, 7) is 7.97. The van der Waals surface area contributed by atoms with Crippen LogP contribution in [-0.2, 0) is 9.59 Å². The van der Waals surface area contributed by atoms with Gasteiger partial charge in [-0.3, -0.25) is 9.59 Å². The molecule has 0 heterocycles. The highest BCUT2D eigenvalue weighted by molar-refractivity contribution is 5.76. The average Bonchev–Trinajstić information content (AvgIpc) is 2.91.